The molecule has 2 aromatic heterocycles. The number of hydrogen-bond donors (Lipinski definition) is 0. The quantitative estimate of drug-likeness (QED) is 0.149. The molecule has 3 heterocycles. The number of nitrogens with zero attached hydrogens (tertiary/aromatic N) is 4. The van der Waals surface area contributed by atoms with E-state index in [9.17, 15) is 0 Å². The van der Waals surface area contributed by atoms with Crippen LogP contribution >= 0.6 is 0 Å². The minimum absolute atomic E-state index is 0. The van der Waals surface area contributed by atoms with Crippen molar-refractivity contribution in [3.63, 3.8) is 0 Å². The predicted molar refractivity (Wildman–Crippen MR) is 260 cm³/mol. The summed E-state index contributed by atoms with van der Waals surface area (Å²) in [7, 11) is 0. The van der Waals surface area contributed by atoms with Crippen molar-refractivity contribution in [2.75, 3.05) is 9.80 Å². The first-order chi connectivity index (χ1) is 30.7. The van der Waals surface area contributed by atoms with Crippen molar-refractivity contribution in [2.24, 2.45) is 5.41 Å². The third kappa shape index (κ3) is 7.74. The molecule has 11 rings (SSSR count). The summed E-state index contributed by atoms with van der Waals surface area (Å²) in [6.07, 6.45) is 14.4. The summed E-state index contributed by atoms with van der Waals surface area (Å²) in [5.74, 6) is 2.74. The predicted octanol–water partition coefficient (Wildman–Crippen LogP) is 15.9. The van der Waals surface area contributed by atoms with Crippen LogP contribution in [0.3, 0.4) is 0 Å². The molecule has 5 nitrogen and oxygen atoms in total. The Labute approximate surface area is 393 Å². The molecule has 2 fully saturated rings. The number of hydrogen-bond acceptors (Lipinski definition) is 4. The summed E-state index contributed by atoms with van der Waals surface area (Å²) < 4.78 is 9.20. The van der Waals surface area contributed by atoms with Crippen molar-refractivity contribution in [3.05, 3.63) is 175 Å². The Kier molecular flexibility index (Phi) is 11.3. The van der Waals surface area contributed by atoms with E-state index in [1.54, 1.807) is 0 Å². The molecule has 0 atom stereocenters. The Balaban J connectivity index is 0.00000484. The van der Waals surface area contributed by atoms with Crippen LogP contribution in [0.1, 0.15) is 101 Å². The Morgan fingerprint density at radius 3 is 2.19 bits per heavy atom. The molecular weight excluding hydrogens is 964 g/mol. The molecule has 3 aliphatic rings. The average Bonchev–Trinajstić information content (AvgIpc) is 3.86. The molecule has 6 aromatic carbocycles. The number of ether oxygens (including phenoxy) is 1. The number of anilines is 4. The number of aryl methyl sites for hydroxylation is 1. The topological polar surface area (TPSA) is 33.5 Å². The van der Waals surface area contributed by atoms with E-state index in [-0.39, 0.29) is 26.5 Å². The van der Waals surface area contributed by atoms with Gasteiger partial charge < -0.3 is 19.1 Å². The summed E-state index contributed by atoms with van der Waals surface area (Å²) in [5.41, 5.74) is 13.1. The molecule has 0 saturated heterocycles. The van der Waals surface area contributed by atoms with Gasteiger partial charge in [0.05, 0.1) is 0 Å². The van der Waals surface area contributed by atoms with E-state index in [4.69, 9.17) is 9.72 Å². The van der Waals surface area contributed by atoms with Gasteiger partial charge in [-0.3, -0.25) is 0 Å². The normalized spacial score (nSPS) is 16.3. The van der Waals surface area contributed by atoms with Crippen LogP contribution in [0, 0.1) is 31.1 Å². The molecule has 1 aliphatic heterocycles. The molecule has 0 N–H and O–H groups in total. The zero-order valence-corrected chi connectivity index (χ0v) is 39.6. The van der Waals surface area contributed by atoms with Crippen LogP contribution in [0.2, 0.25) is 0 Å². The number of benzene rings is 6. The Bertz CT molecular complexity index is 2970. The van der Waals surface area contributed by atoms with E-state index >= 15 is 0 Å². The molecule has 0 radical (unpaired) electrons. The molecule has 2 aliphatic carbocycles. The van der Waals surface area contributed by atoms with E-state index in [1.165, 1.54) is 85.4 Å². The third-order valence-corrected chi connectivity index (χ3v) is 14.4. The zero-order chi connectivity index (χ0) is 42.7. The SMILES string of the molecule is Cc1cc(C2CCC3(CCCCC3)CC2)ccc1-c1cc(Oc2[c-]c(N3[CH-]N(c4ccccc4)c4ccccc43)ccc2)[c-]c2c1c1ccccc1n2-c1cc(C(C)(C)C)ccn1.[Pt]. The average molecular weight is 1020 g/mol. The van der Waals surface area contributed by atoms with Gasteiger partial charge in [0.1, 0.15) is 5.82 Å². The molecule has 0 bridgehead atoms. The van der Waals surface area contributed by atoms with E-state index < -0.39 is 0 Å². The van der Waals surface area contributed by atoms with Gasteiger partial charge in [0, 0.05) is 61.3 Å². The van der Waals surface area contributed by atoms with Crippen molar-refractivity contribution in [1.82, 2.24) is 9.55 Å². The van der Waals surface area contributed by atoms with Crippen molar-refractivity contribution >= 4 is 44.6 Å². The van der Waals surface area contributed by atoms with Crippen LogP contribution in [0.4, 0.5) is 22.7 Å². The van der Waals surface area contributed by atoms with Crippen LogP contribution < -0.4 is 14.5 Å². The van der Waals surface area contributed by atoms with E-state index in [0.717, 1.165) is 50.6 Å². The number of pyridine rings is 1. The summed E-state index contributed by atoms with van der Waals surface area (Å²) in [4.78, 5) is 9.42. The van der Waals surface area contributed by atoms with Gasteiger partial charge in [0.25, 0.3) is 0 Å². The maximum absolute atomic E-state index is 6.93. The van der Waals surface area contributed by atoms with Crippen molar-refractivity contribution < 1.29 is 25.8 Å². The molecule has 6 heteroatoms. The van der Waals surface area contributed by atoms with Gasteiger partial charge in [-0.2, -0.15) is 6.07 Å². The smallest absolute Gasteiger partial charge is 0.135 e. The summed E-state index contributed by atoms with van der Waals surface area (Å²) in [5, 5.41) is 2.32. The van der Waals surface area contributed by atoms with Crippen molar-refractivity contribution in [1.29, 1.82) is 0 Å². The standard InChI is InChI=1S/C58H55N4O.Pt/c1-40-34-42(41-26-31-58(32-27-41)29-13-6-14-30-58)24-25-48(40)50-37-47(38-54-56(50)49-20-9-10-21-51(49)62(54)55-35-43(28-33-59-55)57(2,3)4)63-46-19-15-18-45(36-46)61-39-60(44-16-7-5-8-17-44)52-22-11-12-23-53(52)61;/h5,7-12,15-25,28,33-35,37,39,41H,6,13-14,26-27,29-32H2,1-4H3;/q-3;. The van der Waals surface area contributed by atoms with Crippen molar-refractivity contribution in [2.45, 2.75) is 96.8 Å². The minimum Gasteiger partial charge on any atom is -0.509 e. The molecule has 64 heavy (non-hydrogen) atoms. The zero-order valence-electron chi connectivity index (χ0n) is 37.3. The molecular formula is C58H55N4OPt-3. The molecule has 2 saturated carbocycles. The summed E-state index contributed by atoms with van der Waals surface area (Å²) in [6, 6.07) is 55.1. The van der Waals surface area contributed by atoms with E-state index in [0.29, 0.717) is 22.8 Å². The monoisotopic (exact) mass is 1020 g/mol. The van der Waals surface area contributed by atoms with Crippen LogP contribution in [0.25, 0.3) is 38.8 Å². The second-order valence-corrected chi connectivity index (χ2v) is 19.4. The van der Waals surface area contributed by atoms with Gasteiger partial charge >= 0.3 is 0 Å². The van der Waals surface area contributed by atoms with Gasteiger partial charge in [-0.25, -0.2) is 4.98 Å². The fourth-order valence-corrected chi connectivity index (χ4v) is 11.0. The second kappa shape index (κ2) is 17.1. The molecule has 8 aromatic rings. The van der Waals surface area contributed by atoms with Crippen LogP contribution in [0.5, 0.6) is 11.5 Å². The fourth-order valence-electron chi connectivity index (χ4n) is 11.0. The summed E-state index contributed by atoms with van der Waals surface area (Å²) in [6.45, 7) is 11.2. The molecule has 0 unspecified atom stereocenters. The molecule has 326 valence electrons. The van der Waals surface area contributed by atoms with Crippen LogP contribution in [0.15, 0.2) is 140 Å². The number of para-hydroxylation sites is 4. The van der Waals surface area contributed by atoms with E-state index in [2.05, 4.69) is 182 Å². The first-order valence-corrected chi connectivity index (χ1v) is 23.1. The van der Waals surface area contributed by atoms with Crippen LogP contribution in [-0.2, 0) is 26.5 Å². The maximum atomic E-state index is 6.93. The number of fused-ring (bicyclic) bond motifs is 4. The van der Waals surface area contributed by atoms with Crippen molar-refractivity contribution in [3.8, 4) is 28.4 Å². The molecule has 1 spiro atoms. The minimum atomic E-state index is -0.0416. The first-order valence-electron chi connectivity index (χ1n) is 23.1. The number of rotatable bonds is 7. The van der Waals surface area contributed by atoms with E-state index in [1.807, 2.05) is 18.3 Å². The second-order valence-electron chi connectivity index (χ2n) is 19.4. The molecule has 0 amide bonds. The van der Waals surface area contributed by atoms with Gasteiger partial charge in [-0.15, -0.1) is 48.3 Å². The van der Waals surface area contributed by atoms with Crippen LogP contribution in [-0.4, -0.2) is 9.55 Å². The summed E-state index contributed by atoms with van der Waals surface area (Å²) >= 11 is 0. The Morgan fingerprint density at radius 2 is 1.42 bits per heavy atom. The Hall–Kier alpha value is -5.64. The van der Waals surface area contributed by atoms with Gasteiger partial charge in [-0.05, 0) is 132 Å². The third-order valence-electron chi connectivity index (χ3n) is 14.4. The Morgan fingerprint density at radius 1 is 0.688 bits per heavy atom. The maximum Gasteiger partial charge on any atom is 0.135 e. The van der Waals surface area contributed by atoms with Gasteiger partial charge in [0.2, 0.25) is 0 Å². The first kappa shape index (κ1) is 42.3. The van der Waals surface area contributed by atoms with Gasteiger partial charge in [-0.1, -0.05) is 118 Å². The van der Waals surface area contributed by atoms with Gasteiger partial charge in [0.15, 0.2) is 0 Å². The number of aromatic nitrogens is 2. The fraction of sp³-hybridized carbons (Fsp3) is 0.276. The largest absolute Gasteiger partial charge is 0.509 e.